The Balaban J connectivity index is 1.69. The highest BCUT2D eigenvalue weighted by Crippen LogP contribution is 2.30. The number of likely N-dealkylation sites (N-methyl/N-ethyl adjacent to an activating group) is 1. The van der Waals surface area contributed by atoms with Crippen molar-refractivity contribution in [1.82, 2.24) is 24.8 Å². The van der Waals surface area contributed by atoms with E-state index in [0.717, 1.165) is 28.6 Å². The third-order valence-corrected chi connectivity index (χ3v) is 6.40. The van der Waals surface area contributed by atoms with Crippen LogP contribution in [0.1, 0.15) is 37.8 Å². The molecule has 8 nitrogen and oxygen atoms in total. The number of anilines is 1. The van der Waals surface area contributed by atoms with E-state index in [0.29, 0.717) is 24.2 Å². The third kappa shape index (κ3) is 5.74. The second-order valence-corrected chi connectivity index (χ2v) is 9.20. The van der Waals surface area contributed by atoms with E-state index in [9.17, 15) is 5.11 Å². The van der Waals surface area contributed by atoms with Crippen molar-refractivity contribution in [3.05, 3.63) is 42.2 Å². The molecule has 1 unspecified atom stereocenters. The normalized spacial score (nSPS) is 15.3. The van der Waals surface area contributed by atoms with Gasteiger partial charge in [0.05, 0.1) is 5.69 Å². The summed E-state index contributed by atoms with van der Waals surface area (Å²) in [5.74, 6) is 3.04. The maximum atomic E-state index is 9.98. The van der Waals surface area contributed by atoms with Crippen LogP contribution in [0.5, 0.6) is 5.75 Å². The van der Waals surface area contributed by atoms with Crippen LogP contribution in [-0.4, -0.2) is 64.0 Å². The van der Waals surface area contributed by atoms with E-state index in [1.54, 1.807) is 7.05 Å². The van der Waals surface area contributed by atoms with Crippen molar-refractivity contribution >= 4 is 5.82 Å². The van der Waals surface area contributed by atoms with Gasteiger partial charge in [-0.05, 0) is 38.9 Å². The van der Waals surface area contributed by atoms with Crippen LogP contribution in [0.15, 0.2) is 36.5 Å². The van der Waals surface area contributed by atoms with Crippen molar-refractivity contribution in [1.29, 1.82) is 0 Å². The van der Waals surface area contributed by atoms with Crippen molar-refractivity contribution in [2.24, 2.45) is 7.05 Å². The molecule has 1 fully saturated rings. The molecule has 1 saturated carbocycles. The third-order valence-electron chi connectivity index (χ3n) is 6.40. The van der Waals surface area contributed by atoms with Gasteiger partial charge in [0.2, 0.25) is 0 Å². The van der Waals surface area contributed by atoms with E-state index < -0.39 is 6.10 Å². The van der Waals surface area contributed by atoms with Gasteiger partial charge in [-0.2, -0.15) is 0 Å². The minimum absolute atomic E-state index is 0.216. The highest BCUT2D eigenvalue weighted by atomic mass is 16.5. The Hall–Kier alpha value is -2.97. The number of rotatable bonds is 9. The molecule has 2 aromatic heterocycles. The molecule has 1 aliphatic rings. The minimum Gasteiger partial charge on any atom is -0.491 e. The molecule has 0 amide bonds. The van der Waals surface area contributed by atoms with Crippen LogP contribution < -0.4 is 15.0 Å². The van der Waals surface area contributed by atoms with Crippen molar-refractivity contribution in [2.45, 2.75) is 51.2 Å². The molecule has 0 aliphatic heterocycles. The Morgan fingerprint density at radius 2 is 1.97 bits per heavy atom. The molecule has 3 aromatic rings. The lowest BCUT2D eigenvalue weighted by atomic mass is 9.94. The van der Waals surface area contributed by atoms with E-state index >= 15 is 0 Å². The number of ether oxygens (including phenoxy) is 1. The molecule has 0 saturated heterocycles. The summed E-state index contributed by atoms with van der Waals surface area (Å²) in [4.78, 5) is 16.9. The number of hydrogen-bond acceptors (Lipinski definition) is 7. The minimum atomic E-state index is -0.573. The van der Waals surface area contributed by atoms with Crippen molar-refractivity contribution < 1.29 is 9.84 Å². The van der Waals surface area contributed by atoms with Crippen LogP contribution in [0.2, 0.25) is 0 Å². The Bertz CT molecular complexity index is 1090. The summed E-state index contributed by atoms with van der Waals surface area (Å²) in [5, 5.41) is 12.9. The fourth-order valence-electron chi connectivity index (χ4n) is 4.58. The summed E-state index contributed by atoms with van der Waals surface area (Å²) >= 11 is 0. The predicted octanol–water partition coefficient (Wildman–Crippen LogP) is 3.58. The lowest BCUT2D eigenvalue weighted by Gasteiger charge is -2.32. The van der Waals surface area contributed by atoms with Crippen LogP contribution in [0.4, 0.5) is 5.82 Å². The fourth-order valence-corrected chi connectivity index (χ4v) is 4.58. The van der Waals surface area contributed by atoms with Gasteiger partial charge in [-0.3, -0.25) is 0 Å². The zero-order chi connectivity index (χ0) is 24.1. The second-order valence-electron chi connectivity index (χ2n) is 9.20. The number of aryl methyl sites for hydroxylation is 2. The highest BCUT2D eigenvalue weighted by molar-refractivity contribution is 5.65. The average molecular weight is 465 g/mol. The Labute approximate surface area is 202 Å². The first-order chi connectivity index (χ1) is 16.4. The van der Waals surface area contributed by atoms with Gasteiger partial charge in [0, 0.05) is 44.5 Å². The number of benzene rings is 1. The second kappa shape index (κ2) is 11.0. The quantitative estimate of drug-likeness (QED) is 0.500. The van der Waals surface area contributed by atoms with E-state index in [2.05, 4.69) is 17.3 Å². The molecule has 8 heteroatoms. The molecular weight excluding hydrogens is 428 g/mol. The van der Waals surface area contributed by atoms with Gasteiger partial charge < -0.3 is 24.6 Å². The van der Waals surface area contributed by atoms with Crippen LogP contribution >= 0.6 is 0 Å². The SMILES string of the molecule is CNCC(O)COc1cccc(-c2nc(-c3nc(C)cn3C)cc(N(C)C3CCCCC3)n2)c1. The zero-order valence-corrected chi connectivity index (χ0v) is 20.7. The molecule has 1 aromatic carbocycles. The van der Waals surface area contributed by atoms with Crippen LogP contribution in [-0.2, 0) is 7.05 Å². The summed E-state index contributed by atoms with van der Waals surface area (Å²) in [6.45, 7) is 2.68. The molecule has 0 radical (unpaired) electrons. The maximum absolute atomic E-state index is 9.98. The average Bonchev–Trinajstić information content (AvgIpc) is 3.20. The molecule has 0 bridgehead atoms. The first kappa shape index (κ1) is 24.2. The number of aliphatic hydroxyl groups excluding tert-OH is 1. The van der Waals surface area contributed by atoms with Gasteiger partial charge >= 0.3 is 0 Å². The summed E-state index contributed by atoms with van der Waals surface area (Å²) in [5.41, 5.74) is 2.62. The molecule has 1 aliphatic carbocycles. The van der Waals surface area contributed by atoms with Gasteiger partial charge in [0.15, 0.2) is 11.6 Å². The van der Waals surface area contributed by atoms with Gasteiger partial charge in [-0.25, -0.2) is 15.0 Å². The number of aliphatic hydroxyl groups is 1. The monoisotopic (exact) mass is 464 g/mol. The number of hydrogen-bond donors (Lipinski definition) is 2. The van der Waals surface area contributed by atoms with E-state index in [4.69, 9.17) is 19.7 Å². The van der Waals surface area contributed by atoms with E-state index in [1.807, 2.05) is 55.1 Å². The lowest BCUT2D eigenvalue weighted by molar-refractivity contribution is 0.108. The molecule has 2 N–H and O–H groups in total. The topological polar surface area (TPSA) is 88.3 Å². The summed E-state index contributed by atoms with van der Waals surface area (Å²) in [6.07, 6.45) is 7.64. The first-order valence-corrected chi connectivity index (χ1v) is 12.1. The molecule has 182 valence electrons. The maximum Gasteiger partial charge on any atom is 0.162 e. The predicted molar refractivity (Wildman–Crippen MR) is 135 cm³/mol. The van der Waals surface area contributed by atoms with Crippen LogP contribution in [0.25, 0.3) is 22.9 Å². The Morgan fingerprint density at radius 3 is 2.68 bits per heavy atom. The Morgan fingerprint density at radius 1 is 1.18 bits per heavy atom. The van der Waals surface area contributed by atoms with Gasteiger partial charge in [0.1, 0.15) is 30.0 Å². The number of nitrogens with zero attached hydrogens (tertiary/aromatic N) is 5. The zero-order valence-electron chi connectivity index (χ0n) is 20.7. The van der Waals surface area contributed by atoms with Crippen LogP contribution in [0, 0.1) is 6.92 Å². The summed E-state index contributed by atoms with van der Waals surface area (Å²) in [7, 11) is 5.93. The number of imidazole rings is 1. The first-order valence-electron chi connectivity index (χ1n) is 12.1. The summed E-state index contributed by atoms with van der Waals surface area (Å²) in [6, 6.07) is 10.3. The molecule has 4 rings (SSSR count). The van der Waals surface area contributed by atoms with E-state index in [1.165, 1.54) is 32.1 Å². The van der Waals surface area contributed by atoms with Gasteiger partial charge in [0.25, 0.3) is 0 Å². The van der Waals surface area contributed by atoms with Crippen molar-refractivity contribution in [2.75, 3.05) is 32.1 Å². The van der Waals surface area contributed by atoms with Gasteiger partial charge in [-0.1, -0.05) is 31.4 Å². The largest absolute Gasteiger partial charge is 0.491 e. The number of aromatic nitrogens is 4. The molecule has 2 heterocycles. The molecule has 1 atom stereocenters. The number of nitrogens with one attached hydrogen (secondary N) is 1. The smallest absolute Gasteiger partial charge is 0.162 e. The molecular formula is C26H36N6O2. The standard InChI is InChI=1S/C26H36N6O2/c1-18-16-31(3)26(28-18)23-14-24(32(4)20-10-6-5-7-11-20)30-25(29-23)19-9-8-12-22(13-19)34-17-21(33)15-27-2/h8-9,12-14,16,20-21,27,33H,5-7,10-11,15,17H2,1-4H3. The molecule has 0 spiro atoms. The van der Waals surface area contributed by atoms with E-state index in [-0.39, 0.29) is 6.61 Å². The van der Waals surface area contributed by atoms with Crippen LogP contribution in [0.3, 0.4) is 0 Å². The lowest BCUT2D eigenvalue weighted by Crippen LogP contribution is -2.34. The van der Waals surface area contributed by atoms with Gasteiger partial charge in [-0.15, -0.1) is 0 Å². The molecule has 34 heavy (non-hydrogen) atoms. The summed E-state index contributed by atoms with van der Waals surface area (Å²) < 4.78 is 7.83. The van der Waals surface area contributed by atoms with Crippen molar-refractivity contribution in [3.8, 4) is 28.7 Å². The Kier molecular flexibility index (Phi) is 7.80. The highest BCUT2D eigenvalue weighted by Gasteiger charge is 2.22. The van der Waals surface area contributed by atoms with Crippen molar-refractivity contribution in [3.63, 3.8) is 0 Å². The fraction of sp³-hybridized carbons (Fsp3) is 0.500.